The van der Waals surface area contributed by atoms with Crippen molar-refractivity contribution in [3.8, 4) is 38.1 Å². The number of aromatic nitrogens is 1. The smallest absolute Gasteiger partial charge is 0.246 e. The number of thiophene rings is 1. The van der Waals surface area contributed by atoms with Gasteiger partial charge in [0.1, 0.15) is 42.5 Å². The van der Waals surface area contributed by atoms with Gasteiger partial charge in [0.25, 0.3) is 0 Å². The Labute approximate surface area is 396 Å². The molecule has 0 radical (unpaired) electrons. The molecule has 3 amide bonds. The van der Waals surface area contributed by atoms with Gasteiger partial charge in [-0.05, 0) is 96.3 Å². The summed E-state index contributed by atoms with van der Waals surface area (Å²) in [5, 5.41) is 36.7. The number of nitrogens with zero attached hydrogens (tertiary/aromatic N) is 2. The predicted molar refractivity (Wildman–Crippen MR) is 255 cm³/mol. The van der Waals surface area contributed by atoms with E-state index in [9.17, 15) is 34.5 Å². The molecule has 1 aliphatic rings. The summed E-state index contributed by atoms with van der Waals surface area (Å²) < 4.78 is 23.2. The van der Waals surface area contributed by atoms with Gasteiger partial charge in [-0.2, -0.15) is 0 Å². The minimum absolute atomic E-state index is 0.0182. The van der Waals surface area contributed by atoms with E-state index in [1.165, 1.54) is 16.2 Å². The summed E-state index contributed by atoms with van der Waals surface area (Å²) >= 11 is 2.97. The van der Waals surface area contributed by atoms with Crippen LogP contribution in [0.5, 0.6) is 17.2 Å². The third-order valence-electron chi connectivity index (χ3n) is 11.2. The Morgan fingerprint density at radius 2 is 1.45 bits per heavy atom. The third-order valence-corrected chi connectivity index (χ3v) is 13.3. The lowest BCUT2D eigenvalue weighted by Gasteiger charge is -2.30. The maximum atomic E-state index is 13.9. The fourth-order valence-electron chi connectivity index (χ4n) is 7.67. The maximum Gasteiger partial charge on any atom is 0.246 e. The number of benzene rings is 4. The molecular formula is C50H54N4O11S2. The first-order valence-corrected chi connectivity index (χ1v) is 23.7. The van der Waals surface area contributed by atoms with E-state index in [1.54, 1.807) is 97.4 Å². The van der Waals surface area contributed by atoms with E-state index in [2.05, 4.69) is 15.6 Å². The zero-order valence-electron chi connectivity index (χ0n) is 37.4. The lowest BCUT2D eigenvalue weighted by atomic mass is 9.97. The number of aliphatic hydroxyl groups is 1. The van der Waals surface area contributed by atoms with E-state index < -0.39 is 30.0 Å². The Kier molecular flexibility index (Phi) is 16.7. The Balaban J connectivity index is 0.769. The number of nitrogens with one attached hydrogen (secondary N) is 2. The Bertz CT molecular complexity index is 2630. The van der Waals surface area contributed by atoms with Gasteiger partial charge in [0.05, 0.1) is 55.2 Å². The number of phenolic OH excluding ortho intramolecular Hbond substituents is 2. The van der Waals surface area contributed by atoms with Crippen molar-refractivity contribution in [3.63, 3.8) is 0 Å². The lowest BCUT2D eigenvalue weighted by molar-refractivity contribution is -0.143. The van der Waals surface area contributed by atoms with Crippen molar-refractivity contribution >= 4 is 56.3 Å². The monoisotopic (exact) mass is 950 g/mol. The van der Waals surface area contributed by atoms with Crippen molar-refractivity contribution in [1.82, 2.24) is 20.5 Å². The number of ether oxygens (including phenoxy) is 4. The second-order valence-electron chi connectivity index (χ2n) is 16.4. The molecule has 0 aliphatic carbocycles. The molecule has 17 heteroatoms. The third kappa shape index (κ3) is 12.6. The molecule has 0 spiro atoms. The van der Waals surface area contributed by atoms with Crippen LogP contribution in [0, 0.1) is 12.8 Å². The van der Waals surface area contributed by atoms with Crippen LogP contribution in [-0.4, -0.2) is 120 Å². The van der Waals surface area contributed by atoms with Gasteiger partial charge < -0.3 is 49.8 Å². The van der Waals surface area contributed by atoms with Gasteiger partial charge in [0.15, 0.2) is 5.78 Å². The number of aliphatic hydroxyl groups excluding tert-OH is 1. The van der Waals surface area contributed by atoms with Gasteiger partial charge in [0.2, 0.25) is 17.7 Å². The molecule has 3 heterocycles. The minimum atomic E-state index is -0.928. The molecule has 352 valence electrons. The highest BCUT2D eigenvalue weighted by Crippen LogP contribution is 2.41. The molecule has 0 bridgehead atoms. The fourth-order valence-corrected chi connectivity index (χ4v) is 9.72. The predicted octanol–water partition coefficient (Wildman–Crippen LogP) is 6.49. The molecule has 1 fully saturated rings. The number of aryl methyl sites for hydroxylation is 1. The van der Waals surface area contributed by atoms with Crippen molar-refractivity contribution in [2.45, 2.75) is 51.9 Å². The highest BCUT2D eigenvalue weighted by molar-refractivity contribution is 7.22. The van der Waals surface area contributed by atoms with Crippen LogP contribution in [0.1, 0.15) is 47.4 Å². The van der Waals surface area contributed by atoms with Gasteiger partial charge in [-0.25, -0.2) is 4.98 Å². The summed E-state index contributed by atoms with van der Waals surface area (Å²) in [5.41, 5.74) is 6.47. The number of fused-ring (bicyclic) bond motifs is 1. The second kappa shape index (κ2) is 23.0. The first-order chi connectivity index (χ1) is 32.4. The van der Waals surface area contributed by atoms with E-state index in [1.807, 2.05) is 31.2 Å². The number of rotatable bonds is 22. The Morgan fingerprint density at radius 3 is 2.12 bits per heavy atom. The number of hydrogen-bond acceptors (Lipinski definition) is 14. The number of hydrogen-bond donors (Lipinski definition) is 5. The summed E-state index contributed by atoms with van der Waals surface area (Å²) in [4.78, 5) is 61.2. The highest BCUT2D eigenvalue weighted by atomic mass is 32.1. The van der Waals surface area contributed by atoms with E-state index in [4.69, 9.17) is 18.9 Å². The number of ketones is 1. The molecule has 7 rings (SSSR count). The molecule has 0 saturated carbocycles. The average molecular weight is 951 g/mol. The quantitative estimate of drug-likeness (QED) is 0.0366. The lowest BCUT2D eigenvalue weighted by Crippen LogP contribution is -2.55. The summed E-state index contributed by atoms with van der Waals surface area (Å²) in [6.45, 7) is 6.99. The standard InChI is InChI=1S/C50H54N4O11S2/c1-30(2)45(50(61)54-27-38(57)24-41(54)49(60)51-26-32-4-6-34(7-5-32)47-31(3)52-29-66-47)53-43(58)28-64-21-20-62-18-19-63-22-23-65-39-15-10-33(11-16-39)46(59)44-40-17-14-37(56)25-42(40)67-48(44)35-8-12-36(55)13-9-35/h4-17,25,29-30,38,41,45,55-57H,18-24,26-28H2,1-3H3,(H,51,60)(H,53,58)/t38-,41+,45+/m1/s1. The number of phenols is 2. The van der Waals surface area contributed by atoms with Crippen LogP contribution >= 0.6 is 22.7 Å². The Hall–Kier alpha value is -6.21. The van der Waals surface area contributed by atoms with Crippen LogP contribution in [-0.2, 0) is 35.1 Å². The number of carbonyl (C=O) groups is 4. The summed E-state index contributed by atoms with van der Waals surface area (Å²) in [5.74, 6) is -0.991. The van der Waals surface area contributed by atoms with Gasteiger partial charge in [-0.1, -0.05) is 38.1 Å². The molecule has 15 nitrogen and oxygen atoms in total. The number of thiazole rings is 1. The van der Waals surface area contributed by atoms with Crippen LogP contribution < -0.4 is 15.4 Å². The largest absolute Gasteiger partial charge is 0.508 e. The fraction of sp³-hybridized carbons (Fsp3) is 0.340. The summed E-state index contributed by atoms with van der Waals surface area (Å²) in [6.07, 6.45) is -0.778. The van der Waals surface area contributed by atoms with E-state index in [0.29, 0.717) is 30.1 Å². The summed E-state index contributed by atoms with van der Waals surface area (Å²) in [7, 11) is 0. The highest BCUT2D eigenvalue weighted by Gasteiger charge is 2.42. The minimum Gasteiger partial charge on any atom is -0.508 e. The second-order valence-corrected chi connectivity index (χ2v) is 18.3. The molecule has 6 aromatic rings. The van der Waals surface area contributed by atoms with Crippen LogP contribution in [0.3, 0.4) is 0 Å². The van der Waals surface area contributed by atoms with Crippen molar-refractivity contribution in [2.75, 3.05) is 52.8 Å². The van der Waals surface area contributed by atoms with E-state index in [-0.39, 0.29) is 81.7 Å². The topological polar surface area (TPSA) is 206 Å². The molecule has 3 atom stereocenters. The first kappa shape index (κ1) is 48.7. The molecule has 1 saturated heterocycles. The number of carbonyl (C=O) groups excluding carboxylic acids is 4. The van der Waals surface area contributed by atoms with Gasteiger partial charge in [-0.15, -0.1) is 22.7 Å². The number of likely N-dealkylation sites (tertiary alicyclic amines) is 1. The number of β-amino-alcohol motifs (C(OH)–C–C–N with tert-alkyl or cyclic N) is 1. The molecule has 4 aromatic carbocycles. The first-order valence-electron chi connectivity index (χ1n) is 22.0. The zero-order valence-corrected chi connectivity index (χ0v) is 39.1. The van der Waals surface area contributed by atoms with E-state index in [0.717, 1.165) is 42.2 Å². The SMILES string of the molecule is Cc1ncsc1-c1ccc(CNC(=O)[C@@H]2C[C@@H](O)CN2C(=O)[C@@H](NC(=O)COCCOCCOCCOc2ccc(C(=O)c3c(-c4ccc(O)cc4)sc4cc(O)ccc34)cc2)C(C)C)cc1. The van der Waals surface area contributed by atoms with Crippen LogP contribution in [0.2, 0.25) is 0 Å². The molecular weight excluding hydrogens is 897 g/mol. The van der Waals surface area contributed by atoms with Gasteiger partial charge in [0, 0.05) is 45.6 Å². The average Bonchev–Trinajstić information content (AvgIpc) is 4.05. The number of aromatic hydroxyl groups is 2. The van der Waals surface area contributed by atoms with E-state index >= 15 is 0 Å². The van der Waals surface area contributed by atoms with Crippen LogP contribution in [0.15, 0.2) is 96.5 Å². The maximum absolute atomic E-state index is 13.9. The van der Waals surface area contributed by atoms with Gasteiger partial charge in [-0.3, -0.25) is 19.2 Å². The zero-order chi connectivity index (χ0) is 47.5. The normalized spacial score (nSPS) is 15.2. The Morgan fingerprint density at radius 1 is 0.806 bits per heavy atom. The summed E-state index contributed by atoms with van der Waals surface area (Å²) in [6, 6.07) is 24.5. The molecule has 5 N–H and O–H groups in total. The van der Waals surface area contributed by atoms with Crippen LogP contribution in [0.4, 0.5) is 0 Å². The van der Waals surface area contributed by atoms with Crippen LogP contribution in [0.25, 0.3) is 31.0 Å². The molecule has 2 aromatic heterocycles. The van der Waals surface area contributed by atoms with Crippen molar-refractivity contribution in [3.05, 3.63) is 119 Å². The van der Waals surface area contributed by atoms with Crippen molar-refractivity contribution in [2.24, 2.45) is 5.92 Å². The molecule has 1 aliphatic heterocycles. The van der Waals surface area contributed by atoms with Crippen molar-refractivity contribution in [1.29, 1.82) is 0 Å². The molecule has 67 heavy (non-hydrogen) atoms. The molecule has 0 unspecified atom stereocenters. The van der Waals surface area contributed by atoms with Crippen molar-refractivity contribution < 1.29 is 53.4 Å². The number of amides is 3. The van der Waals surface area contributed by atoms with Gasteiger partial charge >= 0.3 is 0 Å².